The molecule has 8 nitrogen and oxygen atoms in total. The molecule has 3 aromatic rings. The molecule has 0 radical (unpaired) electrons. The first kappa shape index (κ1) is 32.1. The van der Waals surface area contributed by atoms with E-state index in [0.717, 1.165) is 49.1 Å². The van der Waals surface area contributed by atoms with Gasteiger partial charge in [-0.05, 0) is 107 Å². The Morgan fingerprint density at radius 3 is 2.62 bits per heavy atom. The van der Waals surface area contributed by atoms with Gasteiger partial charge in [-0.25, -0.2) is 4.31 Å². The number of fused-ring (bicyclic) bond motifs is 7. The van der Waals surface area contributed by atoms with Gasteiger partial charge in [-0.2, -0.15) is 0 Å². The summed E-state index contributed by atoms with van der Waals surface area (Å²) >= 11 is 1.33. The average molecular weight is 656 g/mol. The summed E-state index contributed by atoms with van der Waals surface area (Å²) in [7, 11) is 5.61. The summed E-state index contributed by atoms with van der Waals surface area (Å²) in [5.41, 5.74) is 7.24. The van der Waals surface area contributed by atoms with Gasteiger partial charge in [-0.1, -0.05) is 25.3 Å². The third-order valence-electron chi connectivity index (χ3n) is 11.3. The van der Waals surface area contributed by atoms with Crippen molar-refractivity contribution >= 4 is 34.9 Å². The molecule has 2 aliphatic carbocycles. The minimum atomic E-state index is -0.568. The highest BCUT2D eigenvalue weighted by Crippen LogP contribution is 2.66. The summed E-state index contributed by atoms with van der Waals surface area (Å²) in [6, 6.07) is 13.2. The van der Waals surface area contributed by atoms with E-state index in [2.05, 4.69) is 70.6 Å². The number of nitrogens with one attached hydrogen (secondary N) is 2. The molecule has 250 valence electrons. The fourth-order valence-electron chi connectivity index (χ4n) is 8.47. The van der Waals surface area contributed by atoms with Gasteiger partial charge in [-0.15, -0.1) is 0 Å². The van der Waals surface area contributed by atoms with Crippen LogP contribution < -0.4 is 14.8 Å². The molecule has 3 atom stereocenters. The Hall–Kier alpha value is -3.43. The largest absolute Gasteiger partial charge is 0.497 e. The van der Waals surface area contributed by atoms with Crippen LogP contribution in [0.15, 0.2) is 48.3 Å². The normalized spacial score (nSPS) is 24.7. The van der Waals surface area contributed by atoms with Crippen LogP contribution in [0.3, 0.4) is 0 Å². The smallest absolute Gasteiger partial charge is 0.262 e. The number of hydrogen-bond donors (Lipinski definition) is 2. The van der Waals surface area contributed by atoms with Crippen molar-refractivity contribution in [3.63, 3.8) is 0 Å². The Balaban J connectivity index is 1.41. The van der Waals surface area contributed by atoms with Crippen molar-refractivity contribution in [2.45, 2.75) is 103 Å². The molecule has 9 heteroatoms. The number of ether oxygens (including phenoxy) is 1. The number of likely N-dealkylation sites (tertiary alicyclic amines) is 1. The first-order chi connectivity index (χ1) is 22.7. The number of methoxy groups -OCH3 is 1. The number of carbonyl (C=O) groups is 2. The van der Waals surface area contributed by atoms with Crippen molar-refractivity contribution in [1.29, 1.82) is 0 Å². The van der Waals surface area contributed by atoms with Crippen LogP contribution in [0.5, 0.6) is 5.75 Å². The summed E-state index contributed by atoms with van der Waals surface area (Å²) in [6.45, 7) is 6.97. The molecule has 4 aliphatic rings. The second-order valence-electron chi connectivity index (χ2n) is 14.4. The zero-order valence-electron chi connectivity index (χ0n) is 28.7. The fraction of sp³-hybridized carbons (Fsp3) is 0.526. The first-order valence-corrected chi connectivity index (χ1v) is 18.2. The number of benzene rings is 2. The third kappa shape index (κ3) is 5.43. The van der Waals surface area contributed by atoms with Gasteiger partial charge in [0.15, 0.2) is 0 Å². The molecule has 2 amide bonds. The molecule has 2 N–H and O–H groups in total. The number of allylic oxidation sites excluding steroid dienone is 1. The predicted molar refractivity (Wildman–Crippen MR) is 190 cm³/mol. The molecule has 0 bridgehead atoms. The number of nitrogens with zero attached hydrogens (tertiary/aromatic N) is 3. The van der Waals surface area contributed by atoms with Crippen molar-refractivity contribution in [2.24, 2.45) is 5.41 Å². The van der Waals surface area contributed by atoms with Crippen molar-refractivity contribution in [3.05, 3.63) is 65.0 Å². The Morgan fingerprint density at radius 2 is 1.89 bits per heavy atom. The van der Waals surface area contributed by atoms with Gasteiger partial charge in [0.05, 0.1) is 18.2 Å². The molecular weight excluding hydrogens is 607 g/mol. The molecule has 2 saturated carbocycles. The van der Waals surface area contributed by atoms with Gasteiger partial charge in [0.25, 0.3) is 5.91 Å². The Kier molecular flexibility index (Phi) is 8.58. The molecule has 7 rings (SSSR count). The van der Waals surface area contributed by atoms with E-state index in [4.69, 9.17) is 4.74 Å². The molecule has 1 aromatic heterocycles. The van der Waals surface area contributed by atoms with Gasteiger partial charge < -0.3 is 19.5 Å². The van der Waals surface area contributed by atoms with Gasteiger partial charge in [-0.3, -0.25) is 14.3 Å². The highest BCUT2D eigenvalue weighted by Gasteiger charge is 2.64. The molecule has 2 aliphatic heterocycles. The number of hydrogen-bond acceptors (Lipinski definition) is 6. The number of aromatic nitrogens is 1. The number of rotatable bonds is 8. The number of carbonyl (C=O) groups excluding carboxylic acids is 2. The molecule has 0 spiro atoms. The van der Waals surface area contributed by atoms with Crippen LogP contribution in [-0.4, -0.2) is 58.9 Å². The molecule has 3 fully saturated rings. The quantitative estimate of drug-likeness (QED) is 0.244. The van der Waals surface area contributed by atoms with Crippen LogP contribution in [0.2, 0.25) is 0 Å². The lowest BCUT2D eigenvalue weighted by Crippen LogP contribution is -2.41. The fourth-order valence-corrected chi connectivity index (χ4v) is 9.02. The van der Waals surface area contributed by atoms with E-state index >= 15 is 0 Å². The van der Waals surface area contributed by atoms with Gasteiger partial charge in [0.1, 0.15) is 5.75 Å². The first-order valence-electron chi connectivity index (χ1n) is 17.4. The Morgan fingerprint density at radius 1 is 1.11 bits per heavy atom. The molecular formula is C38H49N5O3S. The highest BCUT2D eigenvalue weighted by molar-refractivity contribution is 7.95. The Bertz CT molecular complexity index is 1740. The van der Waals surface area contributed by atoms with Crippen molar-refractivity contribution < 1.29 is 14.3 Å². The average Bonchev–Trinajstić information content (AvgIpc) is 3.62. The predicted octanol–water partition coefficient (Wildman–Crippen LogP) is 7.56. The van der Waals surface area contributed by atoms with Crippen molar-refractivity contribution in [3.8, 4) is 17.0 Å². The minimum Gasteiger partial charge on any atom is -0.497 e. The maximum Gasteiger partial charge on any atom is 0.262 e. The summed E-state index contributed by atoms with van der Waals surface area (Å²) in [6.07, 6.45) is 10.7. The molecule has 2 aromatic carbocycles. The molecule has 3 heterocycles. The van der Waals surface area contributed by atoms with E-state index < -0.39 is 5.41 Å². The third-order valence-corrected chi connectivity index (χ3v) is 12.3. The molecule has 47 heavy (non-hydrogen) atoms. The molecule has 1 saturated heterocycles. The van der Waals surface area contributed by atoms with Crippen molar-refractivity contribution in [2.75, 3.05) is 21.2 Å². The van der Waals surface area contributed by atoms with Gasteiger partial charge >= 0.3 is 0 Å². The van der Waals surface area contributed by atoms with E-state index in [1.807, 2.05) is 30.7 Å². The zero-order chi connectivity index (χ0) is 33.0. The van der Waals surface area contributed by atoms with Crippen LogP contribution in [0.4, 0.5) is 0 Å². The lowest BCUT2D eigenvalue weighted by molar-refractivity contribution is -0.136. The van der Waals surface area contributed by atoms with Crippen molar-refractivity contribution in [1.82, 2.24) is 23.8 Å². The van der Waals surface area contributed by atoms with E-state index in [-0.39, 0.29) is 23.8 Å². The van der Waals surface area contributed by atoms with Crippen LogP contribution in [-0.2, 0) is 11.3 Å². The second-order valence-corrected chi connectivity index (χ2v) is 15.4. The topological polar surface area (TPSA) is 78.8 Å². The molecule has 3 unspecified atom stereocenters. The van der Waals surface area contributed by atoms with Gasteiger partial charge in [0, 0.05) is 77.7 Å². The van der Waals surface area contributed by atoms with Crippen LogP contribution in [0.25, 0.3) is 22.2 Å². The summed E-state index contributed by atoms with van der Waals surface area (Å²) in [4.78, 5) is 30.6. The van der Waals surface area contributed by atoms with Gasteiger partial charge in [0.2, 0.25) is 5.91 Å². The summed E-state index contributed by atoms with van der Waals surface area (Å²) in [5, 5.41) is 4.40. The zero-order valence-corrected chi connectivity index (χ0v) is 29.5. The Labute approximate surface area is 283 Å². The SMILES string of the molecule is CN/C=C1\CCC(C)N1C(=O)C12CC1c1cc(OC)ccc1-c1c(C3CCCCC3)c3ccc(C(=O)NSN(C)C(C)C)cc3n1C2. The van der Waals surface area contributed by atoms with Crippen LogP contribution in [0.1, 0.15) is 105 Å². The van der Waals surface area contributed by atoms with E-state index in [1.165, 1.54) is 59.2 Å². The number of amides is 2. The van der Waals surface area contributed by atoms with E-state index in [0.29, 0.717) is 24.1 Å². The summed E-state index contributed by atoms with van der Waals surface area (Å²) in [5.74, 6) is 1.48. The maximum atomic E-state index is 15.0. The summed E-state index contributed by atoms with van der Waals surface area (Å²) < 4.78 is 13.3. The van der Waals surface area contributed by atoms with E-state index in [9.17, 15) is 9.59 Å². The standard InChI is InChI=1S/C38H49N5O3S/c1-23(2)41(5)47-40-36(44)26-13-16-30-33(18-26)42-22-38(37(45)43-24(3)12-14-27(43)21-39-4)20-32(38)31-19-28(46-6)15-17-29(31)35(42)34(30)25-10-8-7-9-11-25/h13,15-19,21,23-25,32,39H,7-12,14,20,22H2,1-6H3,(H,40,44)/b27-21+. The monoisotopic (exact) mass is 655 g/mol. The van der Waals surface area contributed by atoms with E-state index in [1.54, 1.807) is 7.11 Å². The lowest BCUT2D eigenvalue weighted by Gasteiger charge is -2.29. The van der Waals surface area contributed by atoms with Crippen LogP contribution >= 0.6 is 12.1 Å². The minimum absolute atomic E-state index is 0.104. The second kappa shape index (κ2) is 12.5. The maximum absolute atomic E-state index is 15.0. The lowest BCUT2D eigenvalue weighted by atomic mass is 9.81. The van der Waals surface area contributed by atoms with Crippen LogP contribution in [0, 0.1) is 5.41 Å². The highest BCUT2D eigenvalue weighted by atomic mass is 32.2.